The van der Waals surface area contributed by atoms with Crippen molar-refractivity contribution in [1.82, 2.24) is 29.4 Å². The smallest absolute Gasteiger partial charge is 0.219 e. The van der Waals surface area contributed by atoms with E-state index >= 15 is 0 Å². The van der Waals surface area contributed by atoms with Gasteiger partial charge in [0.2, 0.25) is 5.91 Å². The van der Waals surface area contributed by atoms with E-state index in [1.807, 2.05) is 30.5 Å². The maximum absolute atomic E-state index is 12.2. The van der Waals surface area contributed by atoms with Crippen molar-refractivity contribution < 1.29 is 9.53 Å². The number of ether oxygens (including phenoxy) is 1. The summed E-state index contributed by atoms with van der Waals surface area (Å²) < 4.78 is 9.68. The van der Waals surface area contributed by atoms with E-state index in [-0.39, 0.29) is 5.91 Å². The van der Waals surface area contributed by atoms with E-state index in [1.165, 1.54) is 16.8 Å². The molecule has 1 fully saturated rings. The summed E-state index contributed by atoms with van der Waals surface area (Å²) in [4.78, 5) is 21.3. The Balaban J connectivity index is 1.41. The van der Waals surface area contributed by atoms with Gasteiger partial charge in [-0.05, 0) is 37.3 Å². The van der Waals surface area contributed by atoms with Gasteiger partial charge in [0.05, 0.1) is 36.4 Å². The molecule has 3 aromatic heterocycles. The van der Waals surface area contributed by atoms with Gasteiger partial charge < -0.3 is 14.5 Å². The van der Waals surface area contributed by atoms with Crippen LogP contribution < -0.4 is 4.90 Å². The second-order valence-corrected chi connectivity index (χ2v) is 9.58. The van der Waals surface area contributed by atoms with Crippen molar-refractivity contribution in [2.45, 2.75) is 51.6 Å². The van der Waals surface area contributed by atoms with E-state index in [4.69, 9.17) is 14.8 Å². The molecule has 9 nitrogen and oxygen atoms in total. The molecule has 0 aliphatic carbocycles. The van der Waals surface area contributed by atoms with Crippen LogP contribution in [0.15, 0.2) is 24.7 Å². The van der Waals surface area contributed by atoms with Crippen LogP contribution in [-0.4, -0.2) is 61.7 Å². The first kappa shape index (κ1) is 21.3. The SMILES string of the molecule is CC(=O)N1CCc2c(c(N3CCCc4cc(-c5cnn(C)c5)ncc43)nn2C2CCOCC2)C1. The van der Waals surface area contributed by atoms with Crippen LogP contribution in [0, 0.1) is 0 Å². The van der Waals surface area contributed by atoms with Crippen LogP contribution in [0.4, 0.5) is 11.5 Å². The zero-order chi connectivity index (χ0) is 23.2. The molecule has 0 unspecified atom stereocenters. The van der Waals surface area contributed by atoms with E-state index in [0.29, 0.717) is 12.6 Å². The summed E-state index contributed by atoms with van der Waals surface area (Å²) in [6, 6.07) is 2.55. The Kier molecular flexibility index (Phi) is 5.36. The molecule has 0 bridgehead atoms. The number of amides is 1. The number of nitrogens with zero attached hydrogens (tertiary/aromatic N) is 7. The maximum Gasteiger partial charge on any atom is 0.219 e. The molecular formula is C25H31N7O2. The van der Waals surface area contributed by atoms with Crippen molar-refractivity contribution in [3.8, 4) is 11.3 Å². The molecule has 0 atom stereocenters. The number of carbonyl (C=O) groups excluding carboxylic acids is 1. The van der Waals surface area contributed by atoms with E-state index < -0.39 is 0 Å². The van der Waals surface area contributed by atoms with Crippen molar-refractivity contribution in [2.75, 3.05) is 31.2 Å². The monoisotopic (exact) mass is 461 g/mol. The third-order valence-electron chi connectivity index (χ3n) is 7.39. The van der Waals surface area contributed by atoms with Crippen LogP contribution in [0.5, 0.6) is 0 Å². The minimum atomic E-state index is 0.122. The quantitative estimate of drug-likeness (QED) is 0.597. The van der Waals surface area contributed by atoms with E-state index in [1.54, 1.807) is 11.6 Å². The van der Waals surface area contributed by atoms with E-state index in [2.05, 4.69) is 20.7 Å². The summed E-state index contributed by atoms with van der Waals surface area (Å²) in [6.45, 7) is 5.50. The average Bonchev–Trinajstić information content (AvgIpc) is 3.47. The Morgan fingerprint density at radius 2 is 2.00 bits per heavy atom. The van der Waals surface area contributed by atoms with Gasteiger partial charge in [0.25, 0.3) is 0 Å². The normalized spacial score (nSPS) is 18.6. The fourth-order valence-corrected chi connectivity index (χ4v) is 5.56. The minimum Gasteiger partial charge on any atom is -0.381 e. The van der Waals surface area contributed by atoms with Gasteiger partial charge in [0, 0.05) is 69.7 Å². The molecule has 0 spiro atoms. The summed E-state index contributed by atoms with van der Waals surface area (Å²) in [5, 5.41) is 9.52. The molecule has 3 aromatic rings. The number of anilines is 2. The van der Waals surface area contributed by atoms with Gasteiger partial charge in [0.1, 0.15) is 0 Å². The summed E-state index contributed by atoms with van der Waals surface area (Å²) in [5.41, 5.74) is 6.86. The molecule has 9 heteroatoms. The number of hydrogen-bond acceptors (Lipinski definition) is 6. The molecule has 1 saturated heterocycles. The van der Waals surface area contributed by atoms with Crippen molar-refractivity contribution in [3.63, 3.8) is 0 Å². The predicted molar refractivity (Wildman–Crippen MR) is 128 cm³/mol. The van der Waals surface area contributed by atoms with Crippen molar-refractivity contribution in [2.24, 2.45) is 7.05 Å². The fourth-order valence-electron chi connectivity index (χ4n) is 5.56. The van der Waals surface area contributed by atoms with E-state index in [0.717, 1.165) is 81.2 Å². The first-order valence-electron chi connectivity index (χ1n) is 12.3. The largest absolute Gasteiger partial charge is 0.381 e. The molecule has 1 amide bonds. The van der Waals surface area contributed by atoms with Gasteiger partial charge in [-0.1, -0.05) is 0 Å². The molecule has 6 heterocycles. The average molecular weight is 462 g/mol. The van der Waals surface area contributed by atoms with Gasteiger partial charge in [-0.3, -0.25) is 19.1 Å². The van der Waals surface area contributed by atoms with Crippen molar-refractivity contribution >= 4 is 17.4 Å². The zero-order valence-electron chi connectivity index (χ0n) is 19.9. The lowest BCUT2D eigenvalue weighted by Gasteiger charge is -2.32. The molecule has 0 aromatic carbocycles. The first-order valence-corrected chi connectivity index (χ1v) is 12.3. The highest BCUT2D eigenvalue weighted by Gasteiger charge is 2.33. The van der Waals surface area contributed by atoms with E-state index in [9.17, 15) is 4.79 Å². The highest BCUT2D eigenvalue weighted by molar-refractivity contribution is 5.75. The third kappa shape index (κ3) is 3.68. The van der Waals surface area contributed by atoms with Crippen LogP contribution in [0.2, 0.25) is 0 Å². The zero-order valence-corrected chi connectivity index (χ0v) is 19.9. The number of aromatic nitrogens is 5. The van der Waals surface area contributed by atoms with Crippen molar-refractivity contribution in [1.29, 1.82) is 0 Å². The topological polar surface area (TPSA) is 81.3 Å². The summed E-state index contributed by atoms with van der Waals surface area (Å²) in [5.74, 6) is 1.11. The van der Waals surface area contributed by atoms with Gasteiger partial charge in [-0.2, -0.15) is 10.2 Å². The molecule has 178 valence electrons. The van der Waals surface area contributed by atoms with Crippen LogP contribution in [0.1, 0.15) is 49.0 Å². The lowest BCUT2D eigenvalue weighted by molar-refractivity contribution is -0.129. The Labute approximate surface area is 199 Å². The lowest BCUT2D eigenvalue weighted by Crippen LogP contribution is -2.36. The third-order valence-corrected chi connectivity index (χ3v) is 7.39. The van der Waals surface area contributed by atoms with Crippen LogP contribution >= 0.6 is 0 Å². The Morgan fingerprint density at radius 3 is 2.76 bits per heavy atom. The molecule has 6 rings (SSSR count). The highest BCUT2D eigenvalue weighted by Crippen LogP contribution is 2.40. The second-order valence-electron chi connectivity index (χ2n) is 9.58. The lowest BCUT2D eigenvalue weighted by atomic mass is 10.00. The Morgan fingerprint density at radius 1 is 1.15 bits per heavy atom. The molecule has 0 radical (unpaired) electrons. The van der Waals surface area contributed by atoms with Gasteiger partial charge in [-0.25, -0.2) is 0 Å². The summed E-state index contributed by atoms with van der Waals surface area (Å²) in [7, 11) is 1.92. The van der Waals surface area contributed by atoms with Gasteiger partial charge >= 0.3 is 0 Å². The number of pyridine rings is 1. The Bertz CT molecular complexity index is 1220. The Hall–Kier alpha value is -3.20. The fraction of sp³-hybridized carbons (Fsp3) is 0.520. The summed E-state index contributed by atoms with van der Waals surface area (Å²) >= 11 is 0. The predicted octanol–water partition coefficient (Wildman–Crippen LogP) is 3.02. The number of hydrogen-bond donors (Lipinski definition) is 0. The molecule has 0 saturated carbocycles. The molecular weight excluding hydrogens is 430 g/mol. The summed E-state index contributed by atoms with van der Waals surface area (Å²) in [6.07, 6.45) is 10.7. The van der Waals surface area contributed by atoms with Gasteiger partial charge in [-0.15, -0.1) is 0 Å². The van der Waals surface area contributed by atoms with Gasteiger partial charge in [0.15, 0.2) is 5.82 Å². The number of rotatable bonds is 3. The molecule has 3 aliphatic rings. The molecule has 3 aliphatic heterocycles. The van der Waals surface area contributed by atoms with Crippen LogP contribution in [-0.2, 0) is 36.0 Å². The number of aryl methyl sites for hydroxylation is 2. The standard InChI is InChI=1S/C25H31N7O2/c1-17(33)30-9-5-23-21(16-30)25(28-32(23)20-6-10-34-11-7-20)31-8-3-4-18-12-22(26-14-24(18)31)19-13-27-29(2)15-19/h12-15,20H,3-11,16H2,1-2H3. The van der Waals surface area contributed by atoms with Crippen molar-refractivity contribution in [3.05, 3.63) is 41.5 Å². The number of fused-ring (bicyclic) bond motifs is 2. The second kappa shape index (κ2) is 8.54. The molecule has 34 heavy (non-hydrogen) atoms. The number of carbonyl (C=O) groups is 1. The van der Waals surface area contributed by atoms with Crippen LogP contribution in [0.25, 0.3) is 11.3 Å². The molecule has 0 N–H and O–H groups in total. The highest BCUT2D eigenvalue weighted by atomic mass is 16.5. The first-order chi connectivity index (χ1) is 16.6. The van der Waals surface area contributed by atoms with Crippen LogP contribution in [0.3, 0.4) is 0 Å². The maximum atomic E-state index is 12.2. The minimum absolute atomic E-state index is 0.122.